The standard InChI is InChI=1S/C26H18F4N2O2S/c1-14(25(33)32-24-22(29)20(27)13-21(28)23(24)30)35-19-8-4-7-18(12-19)31-26(34)17-10-9-15-5-2-3-6-16(15)11-17/h2-14H,1H3,(H,31,34)(H,32,33). The molecule has 1 atom stereocenters. The minimum absolute atomic E-state index is 0.0657. The van der Waals surface area contributed by atoms with Crippen LogP contribution in [-0.4, -0.2) is 17.1 Å². The van der Waals surface area contributed by atoms with Gasteiger partial charge >= 0.3 is 0 Å². The minimum atomic E-state index is -1.69. The number of rotatable bonds is 6. The fourth-order valence-electron chi connectivity index (χ4n) is 3.35. The zero-order valence-electron chi connectivity index (χ0n) is 18.2. The zero-order valence-corrected chi connectivity index (χ0v) is 19.1. The van der Waals surface area contributed by atoms with E-state index in [0.29, 0.717) is 16.1 Å². The van der Waals surface area contributed by atoms with E-state index in [1.165, 1.54) is 6.92 Å². The van der Waals surface area contributed by atoms with Crippen LogP contribution in [0.5, 0.6) is 0 Å². The Labute approximate surface area is 202 Å². The molecule has 0 radical (unpaired) electrons. The lowest BCUT2D eigenvalue weighted by atomic mass is 10.1. The van der Waals surface area contributed by atoms with Gasteiger partial charge in [-0.25, -0.2) is 17.6 Å². The molecule has 0 aromatic heterocycles. The molecule has 2 N–H and O–H groups in total. The zero-order chi connectivity index (χ0) is 25.1. The van der Waals surface area contributed by atoms with Crippen molar-refractivity contribution in [2.75, 3.05) is 10.6 Å². The number of hydrogen-bond donors (Lipinski definition) is 2. The smallest absolute Gasteiger partial charge is 0.255 e. The predicted molar refractivity (Wildman–Crippen MR) is 129 cm³/mol. The van der Waals surface area contributed by atoms with Crippen molar-refractivity contribution in [2.45, 2.75) is 17.1 Å². The summed E-state index contributed by atoms with van der Waals surface area (Å²) in [6, 6.07) is 19.7. The molecule has 178 valence electrons. The fraction of sp³-hybridized carbons (Fsp3) is 0.0769. The molecular formula is C26H18F4N2O2S. The summed E-state index contributed by atoms with van der Waals surface area (Å²) in [6.07, 6.45) is 0. The molecule has 0 aliphatic carbocycles. The Bertz CT molecular complexity index is 1420. The van der Waals surface area contributed by atoms with E-state index < -0.39 is 40.1 Å². The van der Waals surface area contributed by atoms with Crippen molar-refractivity contribution in [3.63, 3.8) is 0 Å². The third-order valence-corrected chi connectivity index (χ3v) is 6.24. The number of nitrogens with one attached hydrogen (secondary N) is 2. The monoisotopic (exact) mass is 498 g/mol. The lowest BCUT2D eigenvalue weighted by Gasteiger charge is -2.14. The predicted octanol–water partition coefficient (Wildman–Crippen LogP) is 6.77. The van der Waals surface area contributed by atoms with Crippen LogP contribution in [0.15, 0.2) is 77.7 Å². The van der Waals surface area contributed by atoms with Gasteiger partial charge in [0.1, 0.15) is 5.69 Å². The lowest BCUT2D eigenvalue weighted by molar-refractivity contribution is -0.115. The molecule has 0 bridgehead atoms. The number of carbonyl (C=O) groups is 2. The molecule has 4 aromatic rings. The maximum absolute atomic E-state index is 13.9. The quantitative estimate of drug-likeness (QED) is 0.175. The van der Waals surface area contributed by atoms with Crippen LogP contribution in [0.3, 0.4) is 0 Å². The summed E-state index contributed by atoms with van der Waals surface area (Å²) in [6.45, 7) is 1.46. The minimum Gasteiger partial charge on any atom is -0.322 e. The van der Waals surface area contributed by atoms with E-state index >= 15 is 0 Å². The molecule has 0 aliphatic rings. The van der Waals surface area contributed by atoms with E-state index in [-0.39, 0.29) is 12.0 Å². The topological polar surface area (TPSA) is 58.2 Å². The van der Waals surface area contributed by atoms with Gasteiger partial charge in [0, 0.05) is 22.2 Å². The summed E-state index contributed by atoms with van der Waals surface area (Å²) < 4.78 is 54.5. The maximum atomic E-state index is 13.9. The molecule has 4 nitrogen and oxygen atoms in total. The lowest BCUT2D eigenvalue weighted by Crippen LogP contribution is -2.24. The Morgan fingerprint density at radius 2 is 1.46 bits per heavy atom. The first kappa shape index (κ1) is 24.3. The van der Waals surface area contributed by atoms with Crippen molar-refractivity contribution in [2.24, 2.45) is 0 Å². The first-order valence-electron chi connectivity index (χ1n) is 10.4. The van der Waals surface area contributed by atoms with E-state index in [1.54, 1.807) is 36.4 Å². The molecule has 0 saturated carbocycles. The van der Waals surface area contributed by atoms with Crippen LogP contribution >= 0.6 is 11.8 Å². The van der Waals surface area contributed by atoms with Gasteiger partial charge < -0.3 is 10.6 Å². The second kappa shape index (κ2) is 10.2. The number of amides is 2. The SMILES string of the molecule is CC(Sc1cccc(NC(=O)c2ccc3ccccc3c2)c1)C(=O)Nc1c(F)c(F)cc(F)c1F. The number of hydrogen-bond acceptors (Lipinski definition) is 3. The van der Waals surface area contributed by atoms with Gasteiger partial charge in [-0.1, -0.05) is 36.4 Å². The first-order chi connectivity index (χ1) is 16.7. The number of anilines is 2. The van der Waals surface area contributed by atoms with Crippen LogP contribution in [0.1, 0.15) is 17.3 Å². The Morgan fingerprint density at radius 1 is 0.771 bits per heavy atom. The fourth-order valence-corrected chi connectivity index (χ4v) is 4.27. The van der Waals surface area contributed by atoms with Gasteiger partial charge in [0.15, 0.2) is 23.3 Å². The van der Waals surface area contributed by atoms with Crippen molar-refractivity contribution in [3.05, 3.63) is 102 Å². The number of thioether (sulfide) groups is 1. The highest BCUT2D eigenvalue weighted by molar-refractivity contribution is 8.00. The molecule has 1 unspecified atom stereocenters. The highest BCUT2D eigenvalue weighted by Crippen LogP contribution is 2.29. The summed E-state index contributed by atoms with van der Waals surface area (Å²) in [4.78, 5) is 25.7. The first-order valence-corrected chi connectivity index (χ1v) is 11.3. The largest absolute Gasteiger partial charge is 0.322 e. The number of benzene rings is 4. The summed E-state index contributed by atoms with van der Waals surface area (Å²) >= 11 is 1.03. The second-order valence-electron chi connectivity index (χ2n) is 7.64. The molecule has 4 aromatic carbocycles. The third kappa shape index (κ3) is 5.46. The van der Waals surface area contributed by atoms with Crippen molar-refractivity contribution in [3.8, 4) is 0 Å². The van der Waals surface area contributed by atoms with E-state index in [9.17, 15) is 27.2 Å². The van der Waals surface area contributed by atoms with E-state index in [4.69, 9.17) is 0 Å². The van der Waals surface area contributed by atoms with Crippen molar-refractivity contribution in [1.82, 2.24) is 0 Å². The highest BCUT2D eigenvalue weighted by atomic mass is 32.2. The van der Waals surface area contributed by atoms with Gasteiger partial charge in [0.2, 0.25) is 5.91 Å². The van der Waals surface area contributed by atoms with Crippen LogP contribution in [0, 0.1) is 23.3 Å². The molecule has 0 saturated heterocycles. The van der Waals surface area contributed by atoms with Gasteiger partial charge in [-0.05, 0) is 48.0 Å². The Morgan fingerprint density at radius 3 is 2.17 bits per heavy atom. The molecule has 0 spiro atoms. The van der Waals surface area contributed by atoms with Gasteiger partial charge in [-0.15, -0.1) is 11.8 Å². The van der Waals surface area contributed by atoms with Crippen LogP contribution < -0.4 is 10.6 Å². The average Bonchev–Trinajstić information content (AvgIpc) is 2.85. The Balaban J connectivity index is 1.44. The van der Waals surface area contributed by atoms with Crippen LogP contribution in [0.4, 0.5) is 28.9 Å². The molecule has 35 heavy (non-hydrogen) atoms. The maximum Gasteiger partial charge on any atom is 0.255 e. The van der Waals surface area contributed by atoms with E-state index in [1.807, 2.05) is 35.6 Å². The summed E-state index contributed by atoms with van der Waals surface area (Å²) in [7, 11) is 0. The normalized spacial score (nSPS) is 11.8. The summed E-state index contributed by atoms with van der Waals surface area (Å²) in [5.74, 6) is -7.78. The van der Waals surface area contributed by atoms with E-state index in [2.05, 4.69) is 5.32 Å². The van der Waals surface area contributed by atoms with Gasteiger partial charge in [0.25, 0.3) is 5.91 Å². The van der Waals surface area contributed by atoms with Gasteiger partial charge in [-0.2, -0.15) is 0 Å². The number of fused-ring (bicyclic) bond motifs is 1. The van der Waals surface area contributed by atoms with Crippen LogP contribution in [-0.2, 0) is 4.79 Å². The molecular weight excluding hydrogens is 480 g/mol. The molecule has 4 rings (SSSR count). The van der Waals surface area contributed by atoms with Crippen molar-refractivity contribution < 1.29 is 27.2 Å². The summed E-state index contributed by atoms with van der Waals surface area (Å²) in [5, 5.41) is 5.75. The second-order valence-corrected chi connectivity index (χ2v) is 9.05. The molecule has 0 fully saturated rings. The number of halogens is 4. The van der Waals surface area contributed by atoms with Crippen molar-refractivity contribution >= 4 is 45.7 Å². The molecule has 9 heteroatoms. The molecule has 0 heterocycles. The van der Waals surface area contributed by atoms with Crippen LogP contribution in [0.2, 0.25) is 0 Å². The number of carbonyl (C=O) groups excluding carboxylic acids is 2. The Hall–Kier alpha value is -3.85. The van der Waals surface area contributed by atoms with Crippen molar-refractivity contribution in [1.29, 1.82) is 0 Å². The average molecular weight is 499 g/mol. The third-order valence-electron chi connectivity index (χ3n) is 5.15. The molecule has 2 amide bonds. The molecule has 0 aliphatic heterocycles. The highest BCUT2D eigenvalue weighted by Gasteiger charge is 2.23. The summed E-state index contributed by atoms with van der Waals surface area (Å²) in [5.41, 5.74) is -0.234. The van der Waals surface area contributed by atoms with Crippen LogP contribution in [0.25, 0.3) is 10.8 Å². The van der Waals surface area contributed by atoms with E-state index in [0.717, 1.165) is 22.5 Å². The van der Waals surface area contributed by atoms with Gasteiger partial charge in [0.05, 0.1) is 5.25 Å². The van der Waals surface area contributed by atoms with Gasteiger partial charge in [-0.3, -0.25) is 9.59 Å². The Kier molecular flexibility index (Phi) is 7.07.